The third-order valence-electron chi connectivity index (χ3n) is 2.43. The molecule has 0 aliphatic rings. The second-order valence-electron chi connectivity index (χ2n) is 3.74. The molecule has 96 valence electrons. The van der Waals surface area contributed by atoms with Gasteiger partial charge in [0.15, 0.2) is 6.29 Å². The fraction of sp³-hybridized carbons (Fsp3) is 0.615. The predicted molar refractivity (Wildman–Crippen MR) is 67.7 cm³/mol. The van der Waals surface area contributed by atoms with E-state index in [0.29, 0.717) is 19.8 Å². The molecule has 4 heteroatoms. The summed E-state index contributed by atoms with van der Waals surface area (Å²) in [6.07, 6.45) is 1.64. The molecule has 0 aromatic carbocycles. The number of hydrogen-bond donors (Lipinski definition) is 1. The van der Waals surface area contributed by atoms with Gasteiger partial charge in [-0.05, 0) is 32.4 Å². The van der Waals surface area contributed by atoms with Gasteiger partial charge in [-0.25, -0.2) is 0 Å². The normalized spacial score (nSPS) is 11.1. The van der Waals surface area contributed by atoms with Gasteiger partial charge >= 0.3 is 0 Å². The van der Waals surface area contributed by atoms with E-state index < -0.39 is 0 Å². The number of rotatable bonds is 8. The predicted octanol–water partition coefficient (Wildman–Crippen LogP) is 1.88. The van der Waals surface area contributed by atoms with Gasteiger partial charge in [-0.3, -0.25) is 4.98 Å². The number of nitrogens with zero attached hydrogens (tertiary/aromatic N) is 1. The minimum atomic E-state index is -0.172. The van der Waals surface area contributed by atoms with Gasteiger partial charge in [0.05, 0.1) is 5.69 Å². The molecule has 0 saturated heterocycles. The molecule has 0 amide bonds. The van der Waals surface area contributed by atoms with Crippen LogP contribution in [0.3, 0.4) is 0 Å². The van der Waals surface area contributed by atoms with Crippen molar-refractivity contribution in [3.8, 4) is 0 Å². The van der Waals surface area contributed by atoms with Crippen molar-refractivity contribution in [3.63, 3.8) is 0 Å². The van der Waals surface area contributed by atoms with Gasteiger partial charge in [0.1, 0.15) is 0 Å². The standard InChI is InChI=1S/C13H22N2O2/c1-4-16-13(17-5-2)10-14-9-12-11(3)7-6-8-15-12/h6-8,13-14H,4-5,9-10H2,1-3H3. The fourth-order valence-corrected chi connectivity index (χ4v) is 1.55. The molecule has 1 aromatic rings. The summed E-state index contributed by atoms with van der Waals surface area (Å²) >= 11 is 0. The van der Waals surface area contributed by atoms with E-state index in [0.717, 1.165) is 12.2 Å². The van der Waals surface area contributed by atoms with Crippen molar-refractivity contribution in [1.82, 2.24) is 10.3 Å². The largest absolute Gasteiger partial charge is 0.352 e. The monoisotopic (exact) mass is 238 g/mol. The first kappa shape index (κ1) is 14.1. The molecule has 0 atom stereocenters. The summed E-state index contributed by atoms with van der Waals surface area (Å²) in [5.74, 6) is 0. The number of aromatic nitrogens is 1. The zero-order valence-electron chi connectivity index (χ0n) is 10.9. The highest BCUT2D eigenvalue weighted by Gasteiger charge is 2.07. The first-order valence-corrected chi connectivity index (χ1v) is 6.12. The lowest BCUT2D eigenvalue weighted by Gasteiger charge is -2.17. The van der Waals surface area contributed by atoms with E-state index in [4.69, 9.17) is 9.47 Å². The lowest BCUT2D eigenvalue weighted by atomic mass is 10.2. The highest BCUT2D eigenvalue weighted by atomic mass is 16.7. The van der Waals surface area contributed by atoms with Crippen LogP contribution < -0.4 is 5.32 Å². The molecule has 4 nitrogen and oxygen atoms in total. The average Bonchev–Trinajstić information content (AvgIpc) is 2.32. The SMILES string of the molecule is CCOC(CNCc1ncccc1C)OCC. The van der Waals surface area contributed by atoms with Gasteiger partial charge in [0.25, 0.3) is 0 Å². The third kappa shape index (κ3) is 5.26. The summed E-state index contributed by atoms with van der Waals surface area (Å²) in [6.45, 7) is 8.74. The minimum absolute atomic E-state index is 0.172. The molecule has 17 heavy (non-hydrogen) atoms. The molecule has 0 radical (unpaired) electrons. The van der Waals surface area contributed by atoms with Crippen LogP contribution in [0.2, 0.25) is 0 Å². The summed E-state index contributed by atoms with van der Waals surface area (Å²) in [5.41, 5.74) is 2.27. The van der Waals surface area contributed by atoms with Crippen LogP contribution in [0.1, 0.15) is 25.1 Å². The molecule has 1 aromatic heterocycles. The van der Waals surface area contributed by atoms with E-state index in [-0.39, 0.29) is 6.29 Å². The smallest absolute Gasteiger partial charge is 0.169 e. The molecular formula is C13H22N2O2. The molecule has 0 spiro atoms. The van der Waals surface area contributed by atoms with Crippen LogP contribution in [-0.2, 0) is 16.0 Å². The lowest BCUT2D eigenvalue weighted by Crippen LogP contribution is -2.31. The number of nitrogens with one attached hydrogen (secondary N) is 1. The molecule has 1 N–H and O–H groups in total. The third-order valence-corrected chi connectivity index (χ3v) is 2.43. The van der Waals surface area contributed by atoms with Gasteiger partial charge in [0, 0.05) is 32.5 Å². The molecule has 0 bridgehead atoms. The number of hydrogen-bond acceptors (Lipinski definition) is 4. The fourth-order valence-electron chi connectivity index (χ4n) is 1.55. The maximum Gasteiger partial charge on any atom is 0.169 e. The Hall–Kier alpha value is -0.970. The van der Waals surface area contributed by atoms with Crippen LogP contribution in [0.4, 0.5) is 0 Å². The van der Waals surface area contributed by atoms with Gasteiger partial charge in [-0.2, -0.15) is 0 Å². The van der Waals surface area contributed by atoms with Crippen LogP contribution >= 0.6 is 0 Å². The highest BCUT2D eigenvalue weighted by Crippen LogP contribution is 2.02. The molecule has 0 fully saturated rings. The molecule has 1 rings (SSSR count). The number of ether oxygens (including phenoxy) is 2. The van der Waals surface area contributed by atoms with Crippen molar-refractivity contribution < 1.29 is 9.47 Å². The summed E-state index contributed by atoms with van der Waals surface area (Å²) in [7, 11) is 0. The van der Waals surface area contributed by atoms with E-state index in [1.165, 1.54) is 5.56 Å². The Bertz CT molecular complexity index is 312. The molecular weight excluding hydrogens is 216 g/mol. The van der Waals surface area contributed by atoms with Crippen molar-refractivity contribution in [2.24, 2.45) is 0 Å². The van der Waals surface area contributed by atoms with Crippen molar-refractivity contribution in [1.29, 1.82) is 0 Å². The summed E-state index contributed by atoms with van der Waals surface area (Å²) in [5, 5.41) is 3.30. The first-order valence-electron chi connectivity index (χ1n) is 6.12. The maximum absolute atomic E-state index is 5.45. The Labute approximate surface area is 103 Å². The first-order chi connectivity index (χ1) is 8.27. The van der Waals surface area contributed by atoms with E-state index in [1.807, 2.05) is 26.1 Å². The summed E-state index contributed by atoms with van der Waals surface area (Å²) < 4.78 is 10.9. The zero-order valence-corrected chi connectivity index (χ0v) is 10.9. The molecule has 0 unspecified atom stereocenters. The van der Waals surface area contributed by atoms with Crippen molar-refractivity contribution >= 4 is 0 Å². The Morgan fingerprint density at radius 2 is 2.00 bits per heavy atom. The second-order valence-corrected chi connectivity index (χ2v) is 3.74. The Morgan fingerprint density at radius 3 is 2.59 bits per heavy atom. The number of aryl methyl sites for hydroxylation is 1. The van der Waals surface area contributed by atoms with E-state index in [9.17, 15) is 0 Å². The Morgan fingerprint density at radius 1 is 1.29 bits per heavy atom. The van der Waals surface area contributed by atoms with Crippen molar-refractivity contribution in [3.05, 3.63) is 29.6 Å². The molecule has 0 saturated carbocycles. The van der Waals surface area contributed by atoms with Crippen LogP contribution in [0.15, 0.2) is 18.3 Å². The van der Waals surface area contributed by atoms with Gasteiger partial charge in [-0.15, -0.1) is 0 Å². The second kappa shape index (κ2) is 8.17. The molecule has 0 aliphatic heterocycles. The summed E-state index contributed by atoms with van der Waals surface area (Å²) in [6, 6.07) is 4.01. The van der Waals surface area contributed by atoms with E-state index in [1.54, 1.807) is 0 Å². The van der Waals surface area contributed by atoms with Gasteiger partial charge in [0.2, 0.25) is 0 Å². The van der Waals surface area contributed by atoms with Crippen LogP contribution in [0, 0.1) is 6.92 Å². The van der Waals surface area contributed by atoms with Crippen molar-refractivity contribution in [2.75, 3.05) is 19.8 Å². The van der Waals surface area contributed by atoms with E-state index >= 15 is 0 Å². The van der Waals surface area contributed by atoms with Crippen LogP contribution in [-0.4, -0.2) is 31.0 Å². The highest BCUT2D eigenvalue weighted by molar-refractivity contribution is 5.17. The van der Waals surface area contributed by atoms with Crippen LogP contribution in [0.5, 0.6) is 0 Å². The topological polar surface area (TPSA) is 43.4 Å². The van der Waals surface area contributed by atoms with E-state index in [2.05, 4.69) is 23.3 Å². The van der Waals surface area contributed by atoms with Gasteiger partial charge < -0.3 is 14.8 Å². The maximum atomic E-state index is 5.45. The van der Waals surface area contributed by atoms with Crippen LogP contribution in [0.25, 0.3) is 0 Å². The molecule has 0 aliphatic carbocycles. The molecule has 1 heterocycles. The Balaban J connectivity index is 2.33. The minimum Gasteiger partial charge on any atom is -0.352 e. The number of pyridine rings is 1. The van der Waals surface area contributed by atoms with Crippen molar-refractivity contribution in [2.45, 2.75) is 33.6 Å². The zero-order chi connectivity index (χ0) is 12.5. The quantitative estimate of drug-likeness (QED) is 0.702. The Kier molecular flexibility index (Phi) is 6.77. The summed E-state index contributed by atoms with van der Waals surface area (Å²) in [4.78, 5) is 4.32. The van der Waals surface area contributed by atoms with Gasteiger partial charge in [-0.1, -0.05) is 6.07 Å². The average molecular weight is 238 g/mol. The lowest BCUT2D eigenvalue weighted by molar-refractivity contribution is -0.133.